The van der Waals surface area contributed by atoms with Crippen molar-refractivity contribution in [2.75, 3.05) is 6.61 Å². The summed E-state index contributed by atoms with van der Waals surface area (Å²) in [7, 11) is 0. The number of phenolic OH excluding ortho intramolecular Hbond substituents is 2. The maximum absolute atomic E-state index is 9.59. The van der Waals surface area contributed by atoms with Gasteiger partial charge in [0.05, 0.1) is 5.02 Å². The van der Waals surface area contributed by atoms with Crippen LogP contribution < -0.4 is 10.1 Å². The molecule has 110 valence electrons. The molecule has 1 aliphatic heterocycles. The summed E-state index contributed by atoms with van der Waals surface area (Å²) in [5.74, 6) is 0.503. The molecule has 0 bridgehead atoms. The first-order valence-electron chi connectivity index (χ1n) is 6.78. The SMILES string of the molecule is Oc1cc2c(cc1O)CC(COc1ccccc1Cl)NC2. The molecule has 3 rings (SSSR count). The normalized spacial score (nSPS) is 17.3. The van der Waals surface area contributed by atoms with Crippen LogP contribution in [0.15, 0.2) is 36.4 Å². The average molecular weight is 306 g/mol. The molecule has 5 heteroatoms. The van der Waals surface area contributed by atoms with Crippen LogP contribution in [0.4, 0.5) is 0 Å². The molecule has 0 saturated heterocycles. The maximum Gasteiger partial charge on any atom is 0.157 e. The minimum absolute atomic E-state index is 0.0820. The van der Waals surface area contributed by atoms with Crippen molar-refractivity contribution in [1.82, 2.24) is 5.32 Å². The molecular formula is C16H16ClNO3. The molecule has 1 aliphatic rings. The lowest BCUT2D eigenvalue weighted by Gasteiger charge is -2.26. The topological polar surface area (TPSA) is 61.7 Å². The van der Waals surface area contributed by atoms with Crippen LogP contribution in [0.3, 0.4) is 0 Å². The first-order valence-corrected chi connectivity index (χ1v) is 7.15. The number of halogens is 1. The number of phenols is 2. The lowest BCUT2D eigenvalue weighted by atomic mass is 9.95. The Hall–Kier alpha value is -1.91. The predicted molar refractivity (Wildman–Crippen MR) is 81.1 cm³/mol. The van der Waals surface area contributed by atoms with Crippen molar-refractivity contribution in [1.29, 1.82) is 0 Å². The molecule has 1 heterocycles. The van der Waals surface area contributed by atoms with Gasteiger partial charge in [-0.2, -0.15) is 0 Å². The fourth-order valence-corrected chi connectivity index (χ4v) is 2.67. The first kappa shape index (κ1) is 14.0. The highest BCUT2D eigenvalue weighted by Gasteiger charge is 2.20. The summed E-state index contributed by atoms with van der Waals surface area (Å²) < 4.78 is 5.74. The molecule has 0 radical (unpaired) electrons. The summed E-state index contributed by atoms with van der Waals surface area (Å²) in [4.78, 5) is 0. The first-order chi connectivity index (χ1) is 10.1. The molecule has 0 amide bonds. The van der Waals surface area contributed by atoms with Crippen LogP contribution in [0, 0.1) is 0 Å². The van der Waals surface area contributed by atoms with E-state index in [1.165, 1.54) is 0 Å². The number of fused-ring (bicyclic) bond motifs is 1. The van der Waals surface area contributed by atoms with Crippen molar-refractivity contribution in [2.24, 2.45) is 0 Å². The van der Waals surface area contributed by atoms with Crippen molar-refractivity contribution < 1.29 is 14.9 Å². The largest absolute Gasteiger partial charge is 0.504 e. The Morgan fingerprint density at radius 2 is 1.86 bits per heavy atom. The molecule has 0 fully saturated rings. The minimum atomic E-state index is -0.0821. The Labute approximate surface area is 127 Å². The Kier molecular flexibility index (Phi) is 3.90. The summed E-state index contributed by atoms with van der Waals surface area (Å²) in [6.45, 7) is 1.13. The quantitative estimate of drug-likeness (QED) is 0.763. The highest BCUT2D eigenvalue weighted by Crippen LogP contribution is 2.31. The number of rotatable bonds is 3. The van der Waals surface area contributed by atoms with E-state index in [0.717, 1.165) is 17.5 Å². The van der Waals surface area contributed by atoms with E-state index in [1.807, 2.05) is 18.2 Å². The van der Waals surface area contributed by atoms with Crippen LogP contribution in [0.2, 0.25) is 5.02 Å². The molecule has 4 nitrogen and oxygen atoms in total. The predicted octanol–water partition coefficient (Wildman–Crippen LogP) is 2.84. The second-order valence-corrected chi connectivity index (χ2v) is 5.54. The van der Waals surface area contributed by atoms with E-state index in [2.05, 4.69) is 5.32 Å². The maximum atomic E-state index is 9.59. The Morgan fingerprint density at radius 1 is 1.14 bits per heavy atom. The standard InChI is InChI=1S/C16H16ClNO3/c17-13-3-1-2-4-16(13)21-9-12-5-10-6-14(19)15(20)7-11(10)8-18-12/h1-4,6-7,12,18-20H,5,8-9H2. The zero-order valence-electron chi connectivity index (χ0n) is 11.3. The molecule has 1 unspecified atom stereocenters. The molecule has 2 aromatic carbocycles. The van der Waals surface area contributed by atoms with Crippen LogP contribution in [-0.2, 0) is 13.0 Å². The van der Waals surface area contributed by atoms with Crippen LogP contribution in [-0.4, -0.2) is 22.9 Å². The third-order valence-corrected chi connectivity index (χ3v) is 3.93. The number of nitrogens with one attached hydrogen (secondary N) is 1. The van der Waals surface area contributed by atoms with E-state index in [4.69, 9.17) is 16.3 Å². The van der Waals surface area contributed by atoms with Gasteiger partial charge >= 0.3 is 0 Å². The Morgan fingerprint density at radius 3 is 2.62 bits per heavy atom. The molecule has 0 aromatic heterocycles. The summed E-state index contributed by atoms with van der Waals surface area (Å²) >= 11 is 6.05. The van der Waals surface area contributed by atoms with Gasteiger partial charge in [-0.25, -0.2) is 0 Å². The second-order valence-electron chi connectivity index (χ2n) is 5.13. The number of hydrogen-bond donors (Lipinski definition) is 3. The van der Waals surface area contributed by atoms with E-state index in [0.29, 0.717) is 23.9 Å². The van der Waals surface area contributed by atoms with Crippen molar-refractivity contribution in [3.63, 3.8) is 0 Å². The Balaban J connectivity index is 1.67. The second kappa shape index (κ2) is 5.84. The summed E-state index contributed by atoms with van der Waals surface area (Å²) in [5.41, 5.74) is 2.02. The van der Waals surface area contributed by atoms with Crippen LogP contribution >= 0.6 is 11.6 Å². The van der Waals surface area contributed by atoms with Gasteiger partial charge in [-0.05, 0) is 41.8 Å². The van der Waals surface area contributed by atoms with Crippen molar-refractivity contribution in [3.05, 3.63) is 52.5 Å². The number of para-hydroxylation sites is 1. The fourth-order valence-electron chi connectivity index (χ4n) is 2.48. The van der Waals surface area contributed by atoms with Gasteiger partial charge in [0.1, 0.15) is 12.4 Å². The van der Waals surface area contributed by atoms with E-state index < -0.39 is 0 Å². The highest BCUT2D eigenvalue weighted by atomic mass is 35.5. The minimum Gasteiger partial charge on any atom is -0.504 e. The monoisotopic (exact) mass is 305 g/mol. The zero-order valence-corrected chi connectivity index (χ0v) is 12.1. The van der Waals surface area contributed by atoms with Gasteiger partial charge in [0.25, 0.3) is 0 Å². The van der Waals surface area contributed by atoms with E-state index >= 15 is 0 Å². The van der Waals surface area contributed by atoms with Crippen molar-refractivity contribution in [3.8, 4) is 17.2 Å². The van der Waals surface area contributed by atoms with E-state index in [9.17, 15) is 10.2 Å². The smallest absolute Gasteiger partial charge is 0.157 e. The van der Waals surface area contributed by atoms with Gasteiger partial charge < -0.3 is 20.3 Å². The number of hydrogen-bond acceptors (Lipinski definition) is 4. The summed E-state index contributed by atoms with van der Waals surface area (Å²) in [6.07, 6.45) is 0.730. The molecule has 1 atom stereocenters. The summed E-state index contributed by atoms with van der Waals surface area (Å²) in [6, 6.07) is 10.7. The lowest BCUT2D eigenvalue weighted by Crippen LogP contribution is -2.39. The number of aromatic hydroxyl groups is 2. The van der Waals surface area contributed by atoms with Gasteiger partial charge in [-0.3, -0.25) is 0 Å². The molecule has 0 saturated carbocycles. The molecule has 0 spiro atoms. The lowest BCUT2D eigenvalue weighted by molar-refractivity contribution is 0.256. The highest BCUT2D eigenvalue weighted by molar-refractivity contribution is 6.32. The Bertz CT molecular complexity index is 660. The number of ether oxygens (including phenoxy) is 1. The zero-order chi connectivity index (χ0) is 14.8. The van der Waals surface area contributed by atoms with Crippen LogP contribution in [0.25, 0.3) is 0 Å². The van der Waals surface area contributed by atoms with Crippen molar-refractivity contribution in [2.45, 2.75) is 19.0 Å². The summed E-state index contributed by atoms with van der Waals surface area (Å²) in [5, 5.41) is 23.0. The van der Waals surface area contributed by atoms with Gasteiger partial charge in [0.15, 0.2) is 11.5 Å². The van der Waals surface area contributed by atoms with Gasteiger partial charge in [0.2, 0.25) is 0 Å². The van der Waals surface area contributed by atoms with Crippen molar-refractivity contribution >= 4 is 11.6 Å². The molecule has 3 N–H and O–H groups in total. The van der Waals surface area contributed by atoms with E-state index in [1.54, 1.807) is 18.2 Å². The molecule has 2 aromatic rings. The van der Waals surface area contributed by atoms with E-state index in [-0.39, 0.29) is 17.5 Å². The molecule has 0 aliphatic carbocycles. The third-order valence-electron chi connectivity index (χ3n) is 3.62. The van der Waals surface area contributed by atoms with Gasteiger partial charge in [0, 0.05) is 12.6 Å². The van der Waals surface area contributed by atoms with Crippen LogP contribution in [0.5, 0.6) is 17.2 Å². The van der Waals surface area contributed by atoms with Gasteiger partial charge in [-0.1, -0.05) is 23.7 Å². The third kappa shape index (κ3) is 3.06. The molecular weight excluding hydrogens is 290 g/mol. The fraction of sp³-hybridized carbons (Fsp3) is 0.250. The average Bonchev–Trinajstić information content (AvgIpc) is 2.48. The number of benzene rings is 2. The van der Waals surface area contributed by atoms with Crippen LogP contribution in [0.1, 0.15) is 11.1 Å². The molecule has 21 heavy (non-hydrogen) atoms. The van der Waals surface area contributed by atoms with Gasteiger partial charge in [-0.15, -0.1) is 0 Å².